The van der Waals surface area contributed by atoms with E-state index >= 15 is 0 Å². The van der Waals surface area contributed by atoms with Crippen LogP contribution < -0.4 is 10.4 Å². The molecule has 0 aliphatic rings. The van der Waals surface area contributed by atoms with E-state index in [1.54, 1.807) is 0 Å². The minimum atomic E-state index is -1.94. The first-order valence-electron chi connectivity index (χ1n) is 14.9. The molecular formula is C41H46HfSi. The van der Waals surface area contributed by atoms with E-state index in [-0.39, 0.29) is 40.7 Å². The molecule has 2 heteroatoms. The molecule has 0 saturated heterocycles. The Morgan fingerprint density at radius 3 is 1.28 bits per heavy atom. The summed E-state index contributed by atoms with van der Waals surface area (Å²) in [7, 11) is -1.94. The van der Waals surface area contributed by atoms with Crippen molar-refractivity contribution in [3.05, 3.63) is 135 Å². The molecule has 6 aromatic rings. The normalized spacial score (nSPS) is 11.4. The van der Waals surface area contributed by atoms with E-state index < -0.39 is 8.07 Å². The van der Waals surface area contributed by atoms with E-state index in [1.165, 1.54) is 71.3 Å². The standard InChI is InChI=1S/C39H40Si.2CH3.Hf/c1-7-40(6,34-22-32-10-8-12-36(38(32)24-34)30-18-14-28(15-19-30)26(2)3)35-23-33-11-9-13-37(39(33)25-35)31-20-16-29(17-21-31)27(4)5;;;/h8-27H,7H2,1-6H3;2*1H3;/q-2;2*-1;+4. The van der Waals surface area contributed by atoms with Crippen molar-refractivity contribution in [2.24, 2.45) is 0 Å². The molecule has 0 atom stereocenters. The molecule has 6 aromatic carbocycles. The first-order valence-corrected chi connectivity index (χ1v) is 17.6. The van der Waals surface area contributed by atoms with Gasteiger partial charge in [-0.25, -0.2) is 0 Å². The summed E-state index contributed by atoms with van der Waals surface area (Å²) >= 11 is 0. The van der Waals surface area contributed by atoms with E-state index in [0.717, 1.165) is 0 Å². The van der Waals surface area contributed by atoms with Gasteiger partial charge >= 0.3 is 25.8 Å². The summed E-state index contributed by atoms with van der Waals surface area (Å²) in [5.74, 6) is 1.10. The van der Waals surface area contributed by atoms with Gasteiger partial charge in [0.25, 0.3) is 0 Å². The monoisotopic (exact) mass is 746 g/mol. The Labute approximate surface area is 280 Å². The number of hydrogen-bond donors (Lipinski definition) is 0. The van der Waals surface area contributed by atoms with E-state index in [9.17, 15) is 0 Å². The van der Waals surface area contributed by atoms with E-state index in [4.69, 9.17) is 0 Å². The summed E-state index contributed by atoms with van der Waals surface area (Å²) in [6.07, 6.45) is 0. The van der Waals surface area contributed by atoms with Gasteiger partial charge < -0.3 is 14.9 Å². The zero-order valence-corrected chi connectivity index (χ0v) is 31.8. The molecule has 0 radical (unpaired) electrons. The van der Waals surface area contributed by atoms with Crippen LogP contribution in [0.4, 0.5) is 0 Å². The maximum atomic E-state index is 2.56. The molecule has 43 heavy (non-hydrogen) atoms. The third-order valence-electron chi connectivity index (χ3n) is 9.26. The molecule has 0 aromatic heterocycles. The van der Waals surface area contributed by atoms with Gasteiger partial charge in [0, 0.05) is 0 Å². The minimum Gasteiger partial charge on any atom is -0.358 e. The molecule has 0 aliphatic carbocycles. The summed E-state index contributed by atoms with van der Waals surface area (Å²) in [6.45, 7) is 14.0. The fourth-order valence-electron chi connectivity index (χ4n) is 6.28. The zero-order chi connectivity index (χ0) is 28.0. The third kappa shape index (κ3) is 6.38. The molecular weight excluding hydrogens is 699 g/mol. The van der Waals surface area contributed by atoms with Gasteiger partial charge in [0.2, 0.25) is 0 Å². The largest absolute Gasteiger partial charge is 4.00 e. The van der Waals surface area contributed by atoms with Crippen LogP contribution in [0.2, 0.25) is 12.6 Å². The van der Waals surface area contributed by atoms with Crippen molar-refractivity contribution in [1.29, 1.82) is 0 Å². The molecule has 0 aliphatic heterocycles. The second kappa shape index (κ2) is 13.9. The Kier molecular flexibility index (Phi) is 11.2. The van der Waals surface area contributed by atoms with Crippen molar-refractivity contribution >= 4 is 40.0 Å². The van der Waals surface area contributed by atoms with Crippen molar-refractivity contribution in [1.82, 2.24) is 0 Å². The van der Waals surface area contributed by atoms with Crippen LogP contribution in [0, 0.1) is 14.9 Å². The summed E-state index contributed by atoms with van der Waals surface area (Å²) in [4.78, 5) is 0. The van der Waals surface area contributed by atoms with Crippen LogP contribution in [0.5, 0.6) is 0 Å². The van der Waals surface area contributed by atoms with Gasteiger partial charge in [-0.05, 0) is 34.1 Å². The van der Waals surface area contributed by atoms with Gasteiger partial charge in [-0.1, -0.05) is 119 Å². The SMILES string of the molecule is CC[Si](C)(c1cc2c(-c3ccc(C(C)C)cc3)cccc2[cH-]1)c1cc2c(-c3ccc(C(C)C)cc3)cccc2[cH-]1.[CH3-].[CH3-].[Hf+4]. The maximum Gasteiger partial charge on any atom is 4.00 e. The van der Waals surface area contributed by atoms with Crippen LogP contribution in [-0.4, -0.2) is 8.07 Å². The fraction of sp³-hybridized carbons (Fsp3) is 0.220. The van der Waals surface area contributed by atoms with Gasteiger partial charge in [-0.15, -0.1) is 68.3 Å². The molecule has 0 N–H and O–H groups in total. The first kappa shape index (κ1) is 34.7. The predicted molar refractivity (Wildman–Crippen MR) is 192 cm³/mol. The maximum absolute atomic E-state index is 2.56. The van der Waals surface area contributed by atoms with Gasteiger partial charge in [-0.3, -0.25) is 0 Å². The van der Waals surface area contributed by atoms with Crippen LogP contribution in [0.1, 0.15) is 57.6 Å². The third-order valence-corrected chi connectivity index (χ3v) is 13.8. The smallest absolute Gasteiger partial charge is 0.358 e. The molecule has 0 spiro atoms. The second-order valence-electron chi connectivity index (χ2n) is 12.3. The van der Waals surface area contributed by atoms with Gasteiger partial charge in [0.15, 0.2) is 0 Å². The number of hydrogen-bond acceptors (Lipinski definition) is 0. The Morgan fingerprint density at radius 2 is 0.953 bits per heavy atom. The number of benzene rings is 4. The Morgan fingerprint density at radius 1 is 0.581 bits per heavy atom. The quantitative estimate of drug-likeness (QED) is 0.113. The minimum absolute atomic E-state index is 0. The van der Waals surface area contributed by atoms with Gasteiger partial charge in [0.05, 0.1) is 8.07 Å². The molecule has 0 saturated carbocycles. The molecule has 218 valence electrons. The van der Waals surface area contributed by atoms with Gasteiger partial charge in [0.1, 0.15) is 0 Å². The topological polar surface area (TPSA) is 0 Å². The molecule has 0 heterocycles. The first-order chi connectivity index (χ1) is 19.3. The predicted octanol–water partition coefficient (Wildman–Crippen LogP) is 11.1. The van der Waals surface area contributed by atoms with Crippen LogP contribution >= 0.6 is 0 Å². The van der Waals surface area contributed by atoms with E-state index in [1.807, 2.05) is 0 Å². The molecule has 6 rings (SSSR count). The number of rotatable bonds is 7. The van der Waals surface area contributed by atoms with Crippen LogP contribution in [-0.2, 0) is 25.8 Å². The number of fused-ring (bicyclic) bond motifs is 2. The Balaban J connectivity index is 0.00000169. The van der Waals surface area contributed by atoms with E-state index in [0.29, 0.717) is 11.8 Å². The fourth-order valence-corrected chi connectivity index (χ4v) is 9.30. The second-order valence-corrected chi connectivity index (χ2v) is 16.9. The summed E-state index contributed by atoms with van der Waals surface area (Å²) in [5, 5.41) is 8.54. The zero-order valence-electron chi connectivity index (χ0n) is 27.3. The molecule has 0 unspecified atom stereocenters. The van der Waals surface area contributed by atoms with Crippen molar-refractivity contribution in [2.75, 3.05) is 0 Å². The van der Waals surface area contributed by atoms with E-state index in [2.05, 4.69) is 150 Å². The van der Waals surface area contributed by atoms with Crippen molar-refractivity contribution < 1.29 is 25.8 Å². The average molecular weight is 745 g/mol. The molecule has 0 nitrogen and oxygen atoms in total. The summed E-state index contributed by atoms with van der Waals surface area (Å²) < 4.78 is 0. The molecule has 0 bridgehead atoms. The van der Waals surface area contributed by atoms with Crippen molar-refractivity contribution in [3.8, 4) is 22.3 Å². The van der Waals surface area contributed by atoms with Crippen LogP contribution in [0.15, 0.2) is 109 Å². The molecule has 0 fully saturated rings. The average Bonchev–Trinajstić information content (AvgIpc) is 3.62. The van der Waals surface area contributed by atoms with Crippen LogP contribution in [0.25, 0.3) is 43.8 Å². The summed E-state index contributed by atoms with van der Waals surface area (Å²) in [6, 6.07) is 43.1. The van der Waals surface area contributed by atoms with Gasteiger partial charge in [-0.2, -0.15) is 12.1 Å². The van der Waals surface area contributed by atoms with Crippen molar-refractivity contribution in [2.45, 2.75) is 59.0 Å². The van der Waals surface area contributed by atoms with Crippen molar-refractivity contribution in [3.63, 3.8) is 0 Å². The van der Waals surface area contributed by atoms with Crippen LogP contribution in [0.3, 0.4) is 0 Å². The summed E-state index contributed by atoms with van der Waals surface area (Å²) in [5.41, 5.74) is 8.07. The Hall–Kier alpha value is -2.81. The molecule has 0 amide bonds. The Bertz CT molecular complexity index is 1650.